The largest absolute Gasteiger partial charge is 0.244 e. The summed E-state index contributed by atoms with van der Waals surface area (Å²) in [5.74, 6) is 0.808. The van der Waals surface area contributed by atoms with Gasteiger partial charge in [0.15, 0.2) is 0 Å². The number of rotatable bonds is 2. The molecule has 0 bridgehead atoms. The van der Waals surface area contributed by atoms with Crippen molar-refractivity contribution < 1.29 is 0 Å². The maximum absolute atomic E-state index is 4.26. The molecule has 0 saturated heterocycles. The molecule has 0 amide bonds. The molecule has 1 saturated carbocycles. The van der Waals surface area contributed by atoms with Gasteiger partial charge in [0.25, 0.3) is 0 Å². The molecule has 1 aromatic carbocycles. The third kappa shape index (κ3) is 1.95. The van der Waals surface area contributed by atoms with Gasteiger partial charge in [-0.2, -0.15) is 0 Å². The van der Waals surface area contributed by atoms with Crippen LogP contribution in [0.3, 0.4) is 0 Å². The lowest BCUT2D eigenvalue weighted by molar-refractivity contribution is 0.430. The molecule has 84 valence electrons. The Kier molecular flexibility index (Phi) is 2.83. The molecule has 16 heavy (non-hydrogen) atoms. The second-order valence-electron chi connectivity index (χ2n) is 4.56. The fourth-order valence-corrected chi connectivity index (χ4v) is 2.99. The monoisotopic (exact) mass is 327 g/mol. The van der Waals surface area contributed by atoms with Crippen molar-refractivity contribution in [3.63, 3.8) is 0 Å². The number of aromatic nitrogens is 3. The number of nitrogens with zero attached hydrogens (tertiary/aromatic N) is 3. The molecule has 0 aliphatic heterocycles. The highest BCUT2D eigenvalue weighted by Gasteiger charge is 2.17. The zero-order valence-corrected chi connectivity index (χ0v) is 11.2. The summed E-state index contributed by atoms with van der Waals surface area (Å²) in [5, 5.41) is 8.47. The van der Waals surface area contributed by atoms with Gasteiger partial charge in [0.05, 0.1) is 5.52 Å². The topological polar surface area (TPSA) is 30.7 Å². The molecule has 0 radical (unpaired) electrons. The van der Waals surface area contributed by atoms with Gasteiger partial charge in [-0.3, -0.25) is 0 Å². The first kappa shape index (κ1) is 10.5. The van der Waals surface area contributed by atoms with E-state index in [-0.39, 0.29) is 0 Å². The Morgan fingerprint density at radius 3 is 2.94 bits per heavy atom. The summed E-state index contributed by atoms with van der Waals surface area (Å²) in [7, 11) is 0. The molecule has 0 unspecified atom stereocenters. The van der Waals surface area contributed by atoms with Gasteiger partial charge >= 0.3 is 0 Å². The Balaban J connectivity index is 1.93. The fourth-order valence-electron chi connectivity index (χ4n) is 2.51. The van der Waals surface area contributed by atoms with Gasteiger partial charge in [-0.25, -0.2) is 4.68 Å². The second-order valence-corrected chi connectivity index (χ2v) is 5.80. The van der Waals surface area contributed by atoms with Crippen molar-refractivity contribution in [3.8, 4) is 0 Å². The molecule has 1 fully saturated rings. The SMILES string of the molecule is Ic1ccc2nnn(CC3CCCC3)c2c1. The van der Waals surface area contributed by atoms with Crippen LogP contribution in [0.1, 0.15) is 25.7 Å². The van der Waals surface area contributed by atoms with Gasteiger partial charge in [-0.15, -0.1) is 5.10 Å². The van der Waals surface area contributed by atoms with Crippen molar-refractivity contribution >= 4 is 33.6 Å². The molecule has 2 aromatic rings. The minimum Gasteiger partial charge on any atom is -0.244 e. The molecule has 1 heterocycles. The van der Waals surface area contributed by atoms with Gasteiger partial charge in [-0.1, -0.05) is 18.1 Å². The van der Waals surface area contributed by atoms with Crippen LogP contribution in [0.15, 0.2) is 18.2 Å². The van der Waals surface area contributed by atoms with E-state index in [9.17, 15) is 0 Å². The van der Waals surface area contributed by atoms with E-state index in [1.807, 2.05) is 0 Å². The van der Waals surface area contributed by atoms with Crippen LogP contribution in [0.25, 0.3) is 11.0 Å². The normalized spacial score (nSPS) is 17.3. The van der Waals surface area contributed by atoms with Gasteiger partial charge in [-0.05, 0) is 59.5 Å². The van der Waals surface area contributed by atoms with E-state index < -0.39 is 0 Å². The lowest BCUT2D eigenvalue weighted by atomic mass is 10.1. The number of hydrogen-bond acceptors (Lipinski definition) is 2. The first-order valence-electron chi connectivity index (χ1n) is 5.82. The summed E-state index contributed by atoms with van der Waals surface area (Å²) in [6, 6.07) is 6.30. The molecular formula is C12H14IN3. The van der Waals surface area contributed by atoms with E-state index in [0.717, 1.165) is 18.0 Å². The average molecular weight is 327 g/mol. The molecule has 1 aliphatic carbocycles. The Morgan fingerprint density at radius 2 is 2.12 bits per heavy atom. The maximum Gasteiger partial charge on any atom is 0.113 e. The molecule has 1 aromatic heterocycles. The Labute approximate surface area is 108 Å². The minimum absolute atomic E-state index is 0.808. The smallest absolute Gasteiger partial charge is 0.113 e. The summed E-state index contributed by atoms with van der Waals surface area (Å²) in [4.78, 5) is 0. The zero-order valence-electron chi connectivity index (χ0n) is 9.06. The van der Waals surface area contributed by atoms with Gasteiger partial charge in [0, 0.05) is 10.1 Å². The Hall–Kier alpha value is -0.650. The van der Waals surface area contributed by atoms with Crippen LogP contribution < -0.4 is 0 Å². The van der Waals surface area contributed by atoms with Crippen LogP contribution in [0.4, 0.5) is 0 Å². The lowest BCUT2D eigenvalue weighted by Gasteiger charge is -2.08. The highest BCUT2D eigenvalue weighted by molar-refractivity contribution is 14.1. The van der Waals surface area contributed by atoms with Crippen LogP contribution in [-0.2, 0) is 6.54 Å². The first-order chi connectivity index (χ1) is 7.83. The number of benzene rings is 1. The number of fused-ring (bicyclic) bond motifs is 1. The second kappa shape index (κ2) is 4.31. The maximum atomic E-state index is 4.26. The predicted molar refractivity (Wildman–Crippen MR) is 72.2 cm³/mol. The van der Waals surface area contributed by atoms with E-state index in [1.54, 1.807) is 0 Å². The van der Waals surface area contributed by atoms with E-state index >= 15 is 0 Å². The number of halogens is 1. The molecule has 0 N–H and O–H groups in total. The van der Waals surface area contributed by atoms with Crippen LogP contribution >= 0.6 is 22.6 Å². The Bertz CT molecular complexity index is 500. The van der Waals surface area contributed by atoms with E-state index in [4.69, 9.17) is 0 Å². The molecule has 1 aliphatic rings. The summed E-state index contributed by atoms with van der Waals surface area (Å²) in [5.41, 5.74) is 2.19. The van der Waals surface area contributed by atoms with Crippen molar-refractivity contribution in [1.82, 2.24) is 15.0 Å². The van der Waals surface area contributed by atoms with E-state index in [2.05, 4.69) is 55.8 Å². The fraction of sp³-hybridized carbons (Fsp3) is 0.500. The molecule has 0 spiro atoms. The molecule has 3 nitrogen and oxygen atoms in total. The molecule has 0 atom stereocenters. The number of hydrogen-bond donors (Lipinski definition) is 0. The standard InChI is InChI=1S/C12H14IN3/c13-10-5-6-11-12(7-10)16(15-14-11)8-9-3-1-2-4-9/h5-7,9H,1-4,8H2. The van der Waals surface area contributed by atoms with Crippen molar-refractivity contribution in [2.75, 3.05) is 0 Å². The molecule has 3 rings (SSSR count). The van der Waals surface area contributed by atoms with E-state index in [1.165, 1.54) is 34.8 Å². The van der Waals surface area contributed by atoms with Crippen molar-refractivity contribution in [3.05, 3.63) is 21.8 Å². The van der Waals surface area contributed by atoms with Gasteiger partial charge < -0.3 is 0 Å². The van der Waals surface area contributed by atoms with Gasteiger partial charge in [0.1, 0.15) is 5.52 Å². The average Bonchev–Trinajstić information content (AvgIpc) is 2.90. The van der Waals surface area contributed by atoms with Crippen molar-refractivity contribution in [1.29, 1.82) is 0 Å². The van der Waals surface area contributed by atoms with Crippen LogP contribution in [-0.4, -0.2) is 15.0 Å². The highest BCUT2D eigenvalue weighted by Crippen LogP contribution is 2.27. The molecule has 4 heteroatoms. The first-order valence-corrected chi connectivity index (χ1v) is 6.89. The van der Waals surface area contributed by atoms with Crippen LogP contribution in [0, 0.1) is 9.49 Å². The van der Waals surface area contributed by atoms with Crippen LogP contribution in [0.5, 0.6) is 0 Å². The predicted octanol–water partition coefficient (Wildman–Crippen LogP) is 3.23. The quantitative estimate of drug-likeness (QED) is 0.793. The third-order valence-corrected chi connectivity index (χ3v) is 4.05. The van der Waals surface area contributed by atoms with Crippen molar-refractivity contribution in [2.24, 2.45) is 5.92 Å². The van der Waals surface area contributed by atoms with Crippen LogP contribution in [0.2, 0.25) is 0 Å². The zero-order chi connectivity index (χ0) is 11.0. The van der Waals surface area contributed by atoms with Crippen molar-refractivity contribution in [2.45, 2.75) is 32.2 Å². The summed E-state index contributed by atoms with van der Waals surface area (Å²) < 4.78 is 3.33. The van der Waals surface area contributed by atoms with Gasteiger partial charge in [0.2, 0.25) is 0 Å². The summed E-state index contributed by atoms with van der Waals surface area (Å²) >= 11 is 2.34. The molecular weight excluding hydrogens is 313 g/mol. The Morgan fingerprint density at radius 1 is 1.31 bits per heavy atom. The minimum atomic E-state index is 0.808. The third-order valence-electron chi connectivity index (χ3n) is 3.38. The summed E-state index contributed by atoms with van der Waals surface area (Å²) in [6.45, 7) is 1.04. The lowest BCUT2D eigenvalue weighted by Crippen LogP contribution is -2.08. The summed E-state index contributed by atoms with van der Waals surface area (Å²) in [6.07, 6.45) is 5.47. The highest BCUT2D eigenvalue weighted by atomic mass is 127. The van der Waals surface area contributed by atoms with E-state index in [0.29, 0.717) is 0 Å².